The number of amides is 1. The molecule has 0 heterocycles. The molecule has 1 amide bonds. The highest BCUT2D eigenvalue weighted by Gasteiger charge is 2.66. The van der Waals surface area contributed by atoms with Crippen molar-refractivity contribution >= 4 is 11.9 Å². The molecule has 2 fully saturated rings. The second kappa shape index (κ2) is 4.86. The molecule has 0 spiro atoms. The zero-order valence-electron chi connectivity index (χ0n) is 12.4. The van der Waals surface area contributed by atoms with Crippen LogP contribution in [0.4, 0.5) is 0 Å². The summed E-state index contributed by atoms with van der Waals surface area (Å²) in [6.07, 6.45) is 2.24. The van der Waals surface area contributed by atoms with E-state index in [-0.39, 0.29) is 11.9 Å². The number of benzene rings is 1. The van der Waals surface area contributed by atoms with Crippen molar-refractivity contribution in [1.82, 2.24) is 5.32 Å². The Morgan fingerprint density at radius 2 is 1.81 bits per heavy atom. The zero-order chi connectivity index (χ0) is 15.2. The monoisotopic (exact) mass is 287 g/mol. The molecule has 3 rings (SSSR count). The molecule has 21 heavy (non-hydrogen) atoms. The fraction of sp³-hybridized carbons (Fsp3) is 0.529. The zero-order valence-corrected chi connectivity index (χ0v) is 12.4. The molecule has 0 radical (unpaired) electrons. The quantitative estimate of drug-likeness (QED) is 0.875. The number of rotatable bonds is 5. The van der Waals surface area contributed by atoms with Crippen molar-refractivity contribution in [3.8, 4) is 0 Å². The number of hydrogen-bond acceptors (Lipinski definition) is 2. The summed E-state index contributed by atoms with van der Waals surface area (Å²) in [5, 5.41) is 12.3. The summed E-state index contributed by atoms with van der Waals surface area (Å²) in [6.45, 7) is 3.70. The van der Waals surface area contributed by atoms with Gasteiger partial charge in [0.15, 0.2) is 0 Å². The highest BCUT2D eigenvalue weighted by atomic mass is 16.4. The number of carboxylic acids is 1. The molecule has 3 atom stereocenters. The Labute approximate surface area is 124 Å². The van der Waals surface area contributed by atoms with E-state index in [1.54, 1.807) is 0 Å². The van der Waals surface area contributed by atoms with Gasteiger partial charge >= 0.3 is 5.97 Å². The lowest BCUT2D eigenvalue weighted by Crippen LogP contribution is -2.32. The van der Waals surface area contributed by atoms with E-state index >= 15 is 0 Å². The number of hydrogen-bond donors (Lipinski definition) is 2. The van der Waals surface area contributed by atoms with Crippen LogP contribution in [0.25, 0.3) is 0 Å². The first-order valence-corrected chi connectivity index (χ1v) is 7.51. The molecule has 2 aliphatic carbocycles. The normalized spacial score (nSPS) is 27.7. The lowest BCUT2D eigenvalue weighted by atomic mass is 10.0. The van der Waals surface area contributed by atoms with Crippen molar-refractivity contribution in [2.75, 3.05) is 0 Å². The summed E-state index contributed by atoms with van der Waals surface area (Å²) in [7, 11) is 0. The third kappa shape index (κ3) is 2.55. The van der Waals surface area contributed by atoms with Crippen LogP contribution in [0.5, 0.6) is 0 Å². The van der Waals surface area contributed by atoms with Gasteiger partial charge in [-0.2, -0.15) is 0 Å². The van der Waals surface area contributed by atoms with Crippen LogP contribution in [0.1, 0.15) is 38.3 Å². The summed E-state index contributed by atoms with van der Waals surface area (Å²) < 4.78 is 0. The van der Waals surface area contributed by atoms with Gasteiger partial charge < -0.3 is 10.4 Å². The van der Waals surface area contributed by atoms with Crippen molar-refractivity contribution in [2.24, 2.45) is 23.2 Å². The molecular weight excluding hydrogens is 266 g/mol. The summed E-state index contributed by atoms with van der Waals surface area (Å²) in [5.74, 6) is -1.48. The third-order valence-corrected chi connectivity index (χ3v) is 4.93. The first-order chi connectivity index (χ1) is 9.93. The average Bonchev–Trinajstić information content (AvgIpc) is 3.32. The van der Waals surface area contributed by atoms with Crippen molar-refractivity contribution in [3.05, 3.63) is 35.9 Å². The third-order valence-electron chi connectivity index (χ3n) is 4.93. The molecule has 1 aromatic carbocycles. The minimum atomic E-state index is -0.872. The van der Waals surface area contributed by atoms with Crippen LogP contribution in [0, 0.1) is 23.2 Å². The standard InChI is InChI=1S/C17H21NO3/c1-17(2)12(13(17)16(20)21)15(19)18-14(11-8-9-11)10-6-4-3-5-7-10/h3-7,11-14H,8-9H2,1-2H3,(H,18,19)(H,20,21). The molecule has 3 unspecified atom stereocenters. The lowest BCUT2D eigenvalue weighted by molar-refractivity contribution is -0.140. The van der Waals surface area contributed by atoms with Gasteiger partial charge in [0.25, 0.3) is 0 Å². The topological polar surface area (TPSA) is 66.4 Å². The van der Waals surface area contributed by atoms with Crippen molar-refractivity contribution in [2.45, 2.75) is 32.7 Å². The highest BCUT2D eigenvalue weighted by molar-refractivity contribution is 5.91. The molecule has 0 aliphatic heterocycles. The molecule has 0 bridgehead atoms. The van der Waals surface area contributed by atoms with Crippen LogP contribution in [-0.4, -0.2) is 17.0 Å². The highest BCUT2D eigenvalue weighted by Crippen LogP contribution is 2.58. The van der Waals surface area contributed by atoms with Crippen molar-refractivity contribution < 1.29 is 14.7 Å². The lowest BCUT2D eigenvalue weighted by Gasteiger charge is -2.19. The number of carbonyl (C=O) groups is 2. The number of aliphatic carboxylic acids is 1. The maximum atomic E-state index is 12.5. The van der Waals surface area contributed by atoms with Crippen molar-refractivity contribution in [3.63, 3.8) is 0 Å². The molecule has 2 saturated carbocycles. The predicted molar refractivity (Wildman–Crippen MR) is 78.4 cm³/mol. The summed E-state index contributed by atoms with van der Waals surface area (Å²) in [5.41, 5.74) is 0.666. The van der Waals surface area contributed by atoms with Crippen LogP contribution < -0.4 is 5.32 Å². The van der Waals surface area contributed by atoms with E-state index in [4.69, 9.17) is 0 Å². The first kappa shape index (κ1) is 14.1. The van der Waals surface area contributed by atoms with E-state index in [0.717, 1.165) is 18.4 Å². The molecule has 112 valence electrons. The largest absolute Gasteiger partial charge is 0.481 e. The van der Waals surface area contributed by atoms with E-state index in [1.807, 2.05) is 44.2 Å². The minimum Gasteiger partial charge on any atom is -0.481 e. The SMILES string of the molecule is CC1(C)C(C(=O)O)C1C(=O)NC(c1ccccc1)C1CC1. The molecule has 4 heteroatoms. The molecule has 0 aromatic heterocycles. The fourth-order valence-electron chi connectivity index (χ4n) is 3.39. The number of carboxylic acid groups (broad SMARTS) is 1. The van der Waals surface area contributed by atoms with E-state index in [1.165, 1.54) is 0 Å². The van der Waals surface area contributed by atoms with Crippen molar-refractivity contribution in [1.29, 1.82) is 0 Å². The Balaban J connectivity index is 1.73. The second-order valence-electron chi connectivity index (χ2n) is 6.85. The van der Waals surface area contributed by atoms with E-state index in [2.05, 4.69) is 5.32 Å². The van der Waals surface area contributed by atoms with Gasteiger partial charge in [-0.05, 0) is 29.7 Å². The molecule has 1 aromatic rings. The van der Waals surface area contributed by atoms with Gasteiger partial charge in [-0.3, -0.25) is 9.59 Å². The fourth-order valence-corrected chi connectivity index (χ4v) is 3.39. The van der Waals surface area contributed by atoms with Gasteiger partial charge in [-0.15, -0.1) is 0 Å². The second-order valence-corrected chi connectivity index (χ2v) is 6.85. The molecule has 2 N–H and O–H groups in total. The smallest absolute Gasteiger partial charge is 0.307 e. The molecule has 4 nitrogen and oxygen atoms in total. The predicted octanol–water partition coefficient (Wildman–Crippen LogP) is 2.61. The summed E-state index contributed by atoms with van der Waals surface area (Å²) in [4.78, 5) is 23.7. The van der Waals surface area contributed by atoms with Crippen LogP contribution in [0.15, 0.2) is 30.3 Å². The van der Waals surface area contributed by atoms with E-state index < -0.39 is 23.2 Å². The van der Waals surface area contributed by atoms with Gasteiger partial charge in [0.2, 0.25) is 5.91 Å². The first-order valence-electron chi connectivity index (χ1n) is 7.51. The van der Waals surface area contributed by atoms with Crippen LogP contribution in [0.3, 0.4) is 0 Å². The van der Waals surface area contributed by atoms with E-state index in [9.17, 15) is 14.7 Å². The van der Waals surface area contributed by atoms with Gasteiger partial charge in [0.05, 0.1) is 17.9 Å². The number of nitrogens with one attached hydrogen (secondary N) is 1. The Morgan fingerprint density at radius 1 is 1.19 bits per heavy atom. The van der Waals surface area contributed by atoms with E-state index in [0.29, 0.717) is 5.92 Å². The summed E-state index contributed by atoms with van der Waals surface area (Å²) >= 11 is 0. The number of carbonyl (C=O) groups excluding carboxylic acids is 1. The van der Waals surface area contributed by atoms with Gasteiger partial charge in [0.1, 0.15) is 0 Å². The maximum absolute atomic E-state index is 12.5. The maximum Gasteiger partial charge on any atom is 0.307 e. The van der Waals surface area contributed by atoms with Crippen LogP contribution >= 0.6 is 0 Å². The van der Waals surface area contributed by atoms with Gasteiger partial charge in [0, 0.05) is 0 Å². The Morgan fingerprint density at radius 3 is 2.29 bits per heavy atom. The van der Waals surface area contributed by atoms with Gasteiger partial charge in [-0.25, -0.2) is 0 Å². The van der Waals surface area contributed by atoms with Gasteiger partial charge in [-0.1, -0.05) is 44.2 Å². The van der Waals surface area contributed by atoms with Crippen LogP contribution in [-0.2, 0) is 9.59 Å². The molecule has 0 saturated heterocycles. The Kier molecular flexibility index (Phi) is 3.27. The molecular formula is C17H21NO3. The summed E-state index contributed by atoms with van der Waals surface area (Å²) in [6, 6.07) is 9.96. The minimum absolute atomic E-state index is 0.0181. The Bertz CT molecular complexity index is 563. The average molecular weight is 287 g/mol. The molecule has 2 aliphatic rings. The van der Waals surface area contributed by atoms with Crippen LogP contribution in [0.2, 0.25) is 0 Å². The Hall–Kier alpha value is -1.84.